The summed E-state index contributed by atoms with van der Waals surface area (Å²) in [6.45, 7) is 8.80. The lowest BCUT2D eigenvalue weighted by atomic mass is 9.97. The second kappa shape index (κ2) is 10.9. The number of aryl methyl sites for hydroxylation is 1. The summed E-state index contributed by atoms with van der Waals surface area (Å²) >= 11 is 0. The molecular formula is C24H34N4O. The van der Waals surface area contributed by atoms with Crippen molar-refractivity contribution >= 4 is 11.6 Å². The van der Waals surface area contributed by atoms with Crippen LogP contribution >= 0.6 is 0 Å². The minimum absolute atomic E-state index is 0.317. The van der Waals surface area contributed by atoms with Crippen molar-refractivity contribution in [1.82, 2.24) is 10.6 Å². The first-order valence-corrected chi connectivity index (χ1v) is 10.7. The predicted octanol–water partition coefficient (Wildman–Crippen LogP) is 3.46. The largest absolute Gasteiger partial charge is 0.396 e. The van der Waals surface area contributed by atoms with Gasteiger partial charge in [-0.05, 0) is 55.9 Å². The van der Waals surface area contributed by atoms with E-state index < -0.39 is 0 Å². The number of piperidine rings is 1. The van der Waals surface area contributed by atoms with E-state index in [-0.39, 0.29) is 0 Å². The van der Waals surface area contributed by atoms with Crippen molar-refractivity contribution in [1.29, 1.82) is 0 Å². The van der Waals surface area contributed by atoms with E-state index in [2.05, 4.69) is 77.9 Å². The molecule has 3 N–H and O–H groups in total. The molecule has 1 aliphatic heterocycles. The van der Waals surface area contributed by atoms with Crippen LogP contribution < -0.4 is 15.5 Å². The van der Waals surface area contributed by atoms with Gasteiger partial charge in [0.15, 0.2) is 5.96 Å². The summed E-state index contributed by atoms with van der Waals surface area (Å²) in [5.74, 6) is 1.31. The third-order valence-electron chi connectivity index (χ3n) is 5.48. The van der Waals surface area contributed by atoms with Crippen LogP contribution in [0.1, 0.15) is 36.5 Å². The van der Waals surface area contributed by atoms with Crippen molar-refractivity contribution in [3.63, 3.8) is 0 Å². The van der Waals surface area contributed by atoms with Crippen LogP contribution in [-0.4, -0.2) is 37.3 Å². The Hall–Kier alpha value is -2.53. The fourth-order valence-corrected chi connectivity index (χ4v) is 3.71. The number of nitrogens with one attached hydrogen (secondary N) is 2. The minimum Gasteiger partial charge on any atom is -0.396 e. The normalized spacial score (nSPS) is 15.4. The molecule has 156 valence electrons. The van der Waals surface area contributed by atoms with E-state index >= 15 is 0 Å². The maximum absolute atomic E-state index is 9.30. The molecule has 0 amide bonds. The molecule has 0 radical (unpaired) electrons. The lowest BCUT2D eigenvalue weighted by Crippen LogP contribution is -2.36. The first-order chi connectivity index (χ1) is 14.2. The number of hydrogen-bond donors (Lipinski definition) is 3. The van der Waals surface area contributed by atoms with Gasteiger partial charge in [0.25, 0.3) is 0 Å². The van der Waals surface area contributed by atoms with Crippen LogP contribution in [0.4, 0.5) is 5.69 Å². The number of hydrogen-bond acceptors (Lipinski definition) is 3. The molecule has 2 aromatic carbocycles. The fraction of sp³-hybridized carbons (Fsp3) is 0.458. The second-order valence-electron chi connectivity index (χ2n) is 7.82. The van der Waals surface area contributed by atoms with E-state index in [0.29, 0.717) is 19.1 Å². The third kappa shape index (κ3) is 6.50. The van der Waals surface area contributed by atoms with E-state index in [9.17, 15) is 5.11 Å². The van der Waals surface area contributed by atoms with Crippen molar-refractivity contribution in [3.8, 4) is 0 Å². The van der Waals surface area contributed by atoms with Gasteiger partial charge in [-0.25, -0.2) is 4.99 Å². The van der Waals surface area contributed by atoms with Crippen LogP contribution in [0.2, 0.25) is 0 Å². The SMILES string of the molecule is CCNC(=NCc1cccc(C)c1)NCc1ccc(N2CCC(CO)CC2)cc1. The van der Waals surface area contributed by atoms with Crippen LogP contribution in [0, 0.1) is 12.8 Å². The molecule has 1 heterocycles. The smallest absolute Gasteiger partial charge is 0.191 e. The number of aliphatic imine (C=N–C) groups is 1. The third-order valence-corrected chi connectivity index (χ3v) is 5.48. The molecule has 3 rings (SSSR count). The summed E-state index contributed by atoms with van der Waals surface area (Å²) in [7, 11) is 0. The minimum atomic E-state index is 0.317. The van der Waals surface area contributed by atoms with Crippen molar-refractivity contribution in [3.05, 3.63) is 65.2 Å². The Morgan fingerprint density at radius 3 is 2.48 bits per heavy atom. The van der Waals surface area contributed by atoms with Gasteiger partial charge in [-0.3, -0.25) is 0 Å². The molecule has 0 bridgehead atoms. The maximum atomic E-state index is 9.30. The highest BCUT2D eigenvalue weighted by Gasteiger charge is 2.18. The molecule has 0 aromatic heterocycles. The summed E-state index contributed by atoms with van der Waals surface area (Å²) in [5, 5.41) is 16.1. The number of aliphatic hydroxyl groups excluding tert-OH is 1. The highest BCUT2D eigenvalue weighted by atomic mass is 16.3. The van der Waals surface area contributed by atoms with Gasteiger partial charge >= 0.3 is 0 Å². The average Bonchev–Trinajstić information content (AvgIpc) is 2.76. The van der Waals surface area contributed by atoms with Crippen LogP contribution in [0.3, 0.4) is 0 Å². The molecule has 1 saturated heterocycles. The Kier molecular flexibility index (Phi) is 7.94. The van der Waals surface area contributed by atoms with E-state index in [0.717, 1.165) is 45.0 Å². The van der Waals surface area contributed by atoms with E-state index in [1.165, 1.54) is 22.4 Å². The quantitative estimate of drug-likeness (QED) is 0.497. The van der Waals surface area contributed by atoms with Gasteiger partial charge in [-0.2, -0.15) is 0 Å². The first-order valence-electron chi connectivity index (χ1n) is 10.7. The van der Waals surface area contributed by atoms with Crippen LogP contribution in [-0.2, 0) is 13.1 Å². The van der Waals surface area contributed by atoms with Crippen molar-refractivity contribution in [2.45, 2.75) is 39.8 Å². The van der Waals surface area contributed by atoms with Gasteiger partial charge in [0.2, 0.25) is 0 Å². The number of aliphatic hydroxyl groups is 1. The Labute approximate surface area is 174 Å². The molecule has 0 aliphatic carbocycles. The number of benzene rings is 2. The fourth-order valence-electron chi connectivity index (χ4n) is 3.71. The van der Waals surface area contributed by atoms with Crippen molar-refractivity contribution in [2.24, 2.45) is 10.9 Å². The lowest BCUT2D eigenvalue weighted by Gasteiger charge is -2.33. The van der Waals surface area contributed by atoms with Gasteiger partial charge in [0.1, 0.15) is 0 Å². The zero-order valence-electron chi connectivity index (χ0n) is 17.7. The predicted molar refractivity (Wildman–Crippen MR) is 121 cm³/mol. The van der Waals surface area contributed by atoms with Gasteiger partial charge < -0.3 is 20.6 Å². The highest BCUT2D eigenvalue weighted by Crippen LogP contribution is 2.23. The van der Waals surface area contributed by atoms with E-state index in [1.54, 1.807) is 0 Å². The van der Waals surface area contributed by atoms with E-state index in [1.807, 2.05) is 0 Å². The lowest BCUT2D eigenvalue weighted by molar-refractivity contribution is 0.203. The molecular weight excluding hydrogens is 360 g/mol. The molecule has 0 spiro atoms. The Bertz CT molecular complexity index is 780. The molecule has 0 saturated carbocycles. The van der Waals surface area contributed by atoms with Gasteiger partial charge in [-0.1, -0.05) is 42.0 Å². The van der Waals surface area contributed by atoms with Crippen LogP contribution in [0.5, 0.6) is 0 Å². The monoisotopic (exact) mass is 394 g/mol. The number of guanidine groups is 1. The van der Waals surface area contributed by atoms with Gasteiger partial charge in [0.05, 0.1) is 6.54 Å². The first kappa shape index (κ1) is 21.2. The topological polar surface area (TPSA) is 59.9 Å². The number of anilines is 1. The summed E-state index contributed by atoms with van der Waals surface area (Å²) in [4.78, 5) is 7.13. The molecule has 5 nitrogen and oxygen atoms in total. The Morgan fingerprint density at radius 2 is 1.83 bits per heavy atom. The Morgan fingerprint density at radius 1 is 1.07 bits per heavy atom. The summed E-state index contributed by atoms with van der Waals surface area (Å²) < 4.78 is 0. The van der Waals surface area contributed by atoms with Crippen molar-refractivity contribution < 1.29 is 5.11 Å². The maximum Gasteiger partial charge on any atom is 0.191 e. The summed E-state index contributed by atoms with van der Waals surface area (Å²) in [6.07, 6.45) is 2.15. The highest BCUT2D eigenvalue weighted by molar-refractivity contribution is 5.79. The molecule has 1 aliphatic rings. The molecule has 29 heavy (non-hydrogen) atoms. The standard InChI is InChI=1S/C24H34N4O/c1-3-25-24(27-17-22-6-4-5-19(2)15-22)26-16-20-7-9-23(10-8-20)28-13-11-21(18-29)12-14-28/h4-10,15,21,29H,3,11-14,16-18H2,1-2H3,(H2,25,26,27). The van der Waals surface area contributed by atoms with Gasteiger partial charge in [-0.15, -0.1) is 0 Å². The summed E-state index contributed by atoms with van der Waals surface area (Å²) in [5.41, 5.74) is 4.98. The number of rotatable bonds is 7. The molecule has 5 heteroatoms. The number of nitrogens with zero attached hydrogens (tertiary/aromatic N) is 2. The molecule has 1 fully saturated rings. The van der Waals surface area contributed by atoms with Gasteiger partial charge in [0, 0.05) is 38.5 Å². The van der Waals surface area contributed by atoms with E-state index in [4.69, 9.17) is 4.99 Å². The zero-order valence-corrected chi connectivity index (χ0v) is 17.7. The van der Waals surface area contributed by atoms with Crippen LogP contribution in [0.25, 0.3) is 0 Å². The molecule has 2 aromatic rings. The average molecular weight is 395 g/mol. The molecule has 0 unspecified atom stereocenters. The second-order valence-corrected chi connectivity index (χ2v) is 7.82. The molecule has 0 atom stereocenters. The zero-order chi connectivity index (χ0) is 20.5. The van der Waals surface area contributed by atoms with Crippen LogP contribution in [0.15, 0.2) is 53.5 Å². The van der Waals surface area contributed by atoms with Crippen molar-refractivity contribution in [2.75, 3.05) is 31.1 Å². The summed E-state index contributed by atoms with van der Waals surface area (Å²) in [6, 6.07) is 17.2. The Balaban J connectivity index is 1.53.